The summed E-state index contributed by atoms with van der Waals surface area (Å²) < 4.78 is 13.0. The number of hydrogen-bond donors (Lipinski definition) is 2. The number of pyridine rings is 1. The molecule has 0 aliphatic carbocycles. The van der Waals surface area contributed by atoms with Crippen molar-refractivity contribution in [2.24, 2.45) is 0 Å². The molecule has 7 heteroatoms. The number of halogens is 2. The Bertz CT molecular complexity index is 691. The number of benzene rings is 1. The first-order chi connectivity index (χ1) is 9.49. The first-order valence-corrected chi connectivity index (χ1v) is 5.81. The molecular weight excluding hydrogens is 287 g/mol. The van der Waals surface area contributed by atoms with Crippen LogP contribution in [0.5, 0.6) is 0 Å². The van der Waals surface area contributed by atoms with Gasteiger partial charge in [-0.15, -0.1) is 0 Å². The van der Waals surface area contributed by atoms with E-state index in [4.69, 9.17) is 16.7 Å². The number of hydrogen-bond acceptors (Lipinski definition) is 3. The molecule has 2 N–H and O–H groups in total. The van der Waals surface area contributed by atoms with Crippen molar-refractivity contribution in [2.45, 2.75) is 0 Å². The molecular formula is C13H8ClFN2O3. The summed E-state index contributed by atoms with van der Waals surface area (Å²) in [4.78, 5) is 26.7. The molecule has 1 heterocycles. The highest BCUT2D eigenvalue weighted by Crippen LogP contribution is 2.20. The number of amides is 1. The molecule has 1 aromatic carbocycles. The number of carbonyl (C=O) groups excluding carboxylic acids is 1. The molecule has 102 valence electrons. The van der Waals surface area contributed by atoms with Gasteiger partial charge in [-0.3, -0.25) is 9.78 Å². The van der Waals surface area contributed by atoms with E-state index in [2.05, 4.69) is 10.3 Å². The molecule has 0 aliphatic rings. The van der Waals surface area contributed by atoms with Crippen molar-refractivity contribution < 1.29 is 19.1 Å². The van der Waals surface area contributed by atoms with Crippen molar-refractivity contribution in [1.82, 2.24) is 4.98 Å². The van der Waals surface area contributed by atoms with E-state index < -0.39 is 17.7 Å². The van der Waals surface area contributed by atoms with Gasteiger partial charge in [0, 0.05) is 11.9 Å². The van der Waals surface area contributed by atoms with Gasteiger partial charge >= 0.3 is 5.97 Å². The number of anilines is 1. The van der Waals surface area contributed by atoms with Crippen LogP contribution in [0.25, 0.3) is 0 Å². The molecule has 5 nitrogen and oxygen atoms in total. The summed E-state index contributed by atoms with van der Waals surface area (Å²) in [6, 6.07) is 6.30. The van der Waals surface area contributed by atoms with Crippen LogP contribution >= 0.6 is 11.6 Å². The largest absolute Gasteiger partial charge is 0.478 e. The summed E-state index contributed by atoms with van der Waals surface area (Å²) in [5.74, 6) is -2.60. The second-order valence-corrected chi connectivity index (χ2v) is 4.19. The Morgan fingerprint density at radius 1 is 1.30 bits per heavy atom. The topological polar surface area (TPSA) is 79.3 Å². The number of carbonyl (C=O) groups is 2. The smallest absolute Gasteiger partial charge is 0.338 e. The molecule has 0 aliphatic heterocycles. The molecule has 0 unspecified atom stereocenters. The Balaban J connectivity index is 2.28. The van der Waals surface area contributed by atoms with Crippen LogP contribution in [0.2, 0.25) is 5.02 Å². The van der Waals surface area contributed by atoms with Gasteiger partial charge in [0.25, 0.3) is 5.91 Å². The zero-order chi connectivity index (χ0) is 14.7. The third-order valence-corrected chi connectivity index (χ3v) is 2.72. The average molecular weight is 295 g/mol. The summed E-state index contributed by atoms with van der Waals surface area (Å²) in [7, 11) is 0. The molecule has 0 radical (unpaired) electrons. The number of aromatic nitrogens is 1. The van der Waals surface area contributed by atoms with Crippen molar-refractivity contribution in [1.29, 1.82) is 0 Å². The molecule has 1 amide bonds. The summed E-state index contributed by atoms with van der Waals surface area (Å²) in [5, 5.41) is 11.2. The highest BCUT2D eigenvalue weighted by molar-refractivity contribution is 6.31. The predicted molar refractivity (Wildman–Crippen MR) is 70.6 cm³/mol. The molecule has 1 aromatic heterocycles. The average Bonchev–Trinajstić information content (AvgIpc) is 2.43. The van der Waals surface area contributed by atoms with Crippen molar-refractivity contribution in [3.05, 3.63) is 58.6 Å². The van der Waals surface area contributed by atoms with Gasteiger partial charge in [0.1, 0.15) is 11.5 Å². The normalized spacial score (nSPS) is 10.1. The third kappa shape index (κ3) is 2.92. The summed E-state index contributed by atoms with van der Waals surface area (Å²) >= 11 is 5.59. The SMILES string of the molecule is O=C(O)c1cccnc1C(=O)Nc1ccc(F)c(Cl)c1. The lowest BCUT2D eigenvalue weighted by Crippen LogP contribution is -2.18. The van der Waals surface area contributed by atoms with E-state index in [0.29, 0.717) is 0 Å². The van der Waals surface area contributed by atoms with Crippen LogP contribution in [-0.4, -0.2) is 22.0 Å². The van der Waals surface area contributed by atoms with Crippen LogP contribution in [0.1, 0.15) is 20.8 Å². The van der Waals surface area contributed by atoms with Gasteiger partial charge < -0.3 is 10.4 Å². The Morgan fingerprint density at radius 3 is 2.70 bits per heavy atom. The maximum Gasteiger partial charge on any atom is 0.338 e. The van der Waals surface area contributed by atoms with E-state index in [1.165, 1.54) is 30.5 Å². The fourth-order valence-corrected chi connectivity index (χ4v) is 1.70. The Hall–Kier alpha value is -2.47. The quantitative estimate of drug-likeness (QED) is 0.912. The van der Waals surface area contributed by atoms with Gasteiger partial charge in [0.15, 0.2) is 0 Å². The summed E-state index contributed by atoms with van der Waals surface area (Å²) in [5.41, 5.74) is -0.220. The van der Waals surface area contributed by atoms with E-state index in [-0.39, 0.29) is 22.0 Å². The zero-order valence-corrected chi connectivity index (χ0v) is 10.7. The van der Waals surface area contributed by atoms with Crippen LogP contribution in [-0.2, 0) is 0 Å². The minimum absolute atomic E-state index is 0.151. The standard InChI is InChI=1S/C13H8ClFN2O3/c14-9-6-7(3-4-10(9)15)17-12(18)11-8(13(19)20)2-1-5-16-11/h1-6H,(H,17,18)(H,19,20). The van der Waals surface area contributed by atoms with Gasteiger partial charge in [-0.25, -0.2) is 9.18 Å². The van der Waals surface area contributed by atoms with Gasteiger partial charge in [-0.2, -0.15) is 0 Å². The van der Waals surface area contributed by atoms with Crippen LogP contribution in [0.15, 0.2) is 36.5 Å². The van der Waals surface area contributed by atoms with Crippen molar-refractivity contribution in [3.8, 4) is 0 Å². The summed E-state index contributed by atoms with van der Waals surface area (Å²) in [6.45, 7) is 0. The molecule has 2 rings (SSSR count). The number of rotatable bonds is 3. The Labute approximate surface area is 118 Å². The monoisotopic (exact) mass is 294 g/mol. The lowest BCUT2D eigenvalue weighted by Gasteiger charge is -2.07. The predicted octanol–water partition coefficient (Wildman–Crippen LogP) is 2.82. The molecule has 20 heavy (non-hydrogen) atoms. The van der Waals surface area contributed by atoms with Crippen molar-refractivity contribution in [3.63, 3.8) is 0 Å². The van der Waals surface area contributed by atoms with E-state index in [9.17, 15) is 14.0 Å². The molecule has 0 spiro atoms. The molecule has 2 aromatic rings. The van der Waals surface area contributed by atoms with E-state index >= 15 is 0 Å². The fraction of sp³-hybridized carbons (Fsp3) is 0. The minimum atomic E-state index is -1.26. The van der Waals surface area contributed by atoms with Gasteiger partial charge in [-0.05, 0) is 30.3 Å². The van der Waals surface area contributed by atoms with Crippen LogP contribution in [0, 0.1) is 5.82 Å². The van der Waals surface area contributed by atoms with E-state index in [1.807, 2.05) is 0 Å². The molecule has 0 saturated heterocycles. The Morgan fingerprint density at radius 2 is 2.05 bits per heavy atom. The number of aromatic carboxylic acids is 1. The first-order valence-electron chi connectivity index (χ1n) is 5.44. The van der Waals surface area contributed by atoms with Gasteiger partial charge in [0.05, 0.1) is 10.6 Å². The van der Waals surface area contributed by atoms with Crippen molar-refractivity contribution in [2.75, 3.05) is 5.32 Å². The lowest BCUT2D eigenvalue weighted by molar-refractivity contribution is 0.0691. The van der Waals surface area contributed by atoms with Crippen molar-refractivity contribution >= 4 is 29.2 Å². The lowest BCUT2D eigenvalue weighted by atomic mass is 10.2. The fourth-order valence-electron chi connectivity index (χ4n) is 1.52. The van der Waals surface area contributed by atoms with Crippen LogP contribution in [0.4, 0.5) is 10.1 Å². The highest BCUT2D eigenvalue weighted by atomic mass is 35.5. The van der Waals surface area contributed by atoms with Crippen LogP contribution in [0.3, 0.4) is 0 Å². The van der Waals surface area contributed by atoms with E-state index in [0.717, 1.165) is 6.07 Å². The first kappa shape index (κ1) is 14.0. The zero-order valence-electron chi connectivity index (χ0n) is 9.93. The Kier molecular flexibility index (Phi) is 3.95. The number of carboxylic acid groups (broad SMARTS) is 1. The van der Waals surface area contributed by atoms with Gasteiger partial charge in [0.2, 0.25) is 0 Å². The number of carboxylic acids is 1. The third-order valence-electron chi connectivity index (χ3n) is 2.43. The number of nitrogens with zero attached hydrogens (tertiary/aromatic N) is 1. The van der Waals surface area contributed by atoms with Gasteiger partial charge in [-0.1, -0.05) is 11.6 Å². The molecule has 0 saturated carbocycles. The molecule has 0 bridgehead atoms. The summed E-state index contributed by atoms with van der Waals surface area (Å²) in [6.07, 6.45) is 1.30. The maximum absolute atomic E-state index is 13.0. The highest BCUT2D eigenvalue weighted by Gasteiger charge is 2.17. The van der Waals surface area contributed by atoms with Crippen LogP contribution < -0.4 is 5.32 Å². The van der Waals surface area contributed by atoms with E-state index in [1.54, 1.807) is 0 Å². The maximum atomic E-state index is 13.0. The minimum Gasteiger partial charge on any atom is -0.478 e. The second-order valence-electron chi connectivity index (χ2n) is 3.79. The second kappa shape index (κ2) is 5.66. The molecule has 0 fully saturated rings. The number of nitrogens with one attached hydrogen (secondary N) is 1. The molecule has 0 atom stereocenters.